The molecule has 0 saturated carbocycles. The van der Waals surface area contributed by atoms with Gasteiger partial charge in [0.05, 0.1) is 0 Å². The molecule has 0 spiro atoms. The molecule has 0 aromatic rings. The van der Waals surface area contributed by atoms with Gasteiger partial charge in [-0.05, 0) is 32.2 Å². The second kappa shape index (κ2) is 8.26. The summed E-state index contributed by atoms with van der Waals surface area (Å²) in [6.07, 6.45) is 12.8. The van der Waals surface area contributed by atoms with Crippen LogP contribution < -0.4 is 0 Å². The van der Waals surface area contributed by atoms with Crippen LogP contribution in [0.5, 0.6) is 0 Å². The number of piperazine rings is 1. The minimum absolute atomic E-state index is 0.884. The molecule has 0 aromatic carbocycles. The van der Waals surface area contributed by atoms with Crippen LogP contribution in [0, 0.1) is 0 Å². The maximum atomic E-state index is 2.85. The van der Waals surface area contributed by atoms with Crippen molar-refractivity contribution in [3.05, 3.63) is 0 Å². The van der Waals surface area contributed by atoms with Gasteiger partial charge in [0.2, 0.25) is 0 Å². The largest absolute Gasteiger partial charge is 0.298 e. The highest BCUT2D eigenvalue weighted by Gasteiger charge is 2.32. The molecule has 0 amide bonds. The summed E-state index contributed by atoms with van der Waals surface area (Å²) in [6.45, 7) is 10.0. The van der Waals surface area contributed by atoms with E-state index in [0.29, 0.717) is 0 Å². The Bertz CT molecular complexity index is 241. The van der Waals surface area contributed by atoms with Crippen LogP contribution in [-0.2, 0) is 0 Å². The predicted molar refractivity (Wildman–Crippen MR) is 83.6 cm³/mol. The molecule has 2 rings (SSSR count). The molecule has 0 aromatic heterocycles. The lowest BCUT2D eigenvalue weighted by molar-refractivity contribution is 0.0631. The molecule has 0 aliphatic carbocycles. The first-order valence-corrected chi connectivity index (χ1v) is 8.83. The fourth-order valence-corrected chi connectivity index (χ4v) is 3.93. The van der Waals surface area contributed by atoms with Gasteiger partial charge >= 0.3 is 0 Å². The van der Waals surface area contributed by atoms with E-state index in [4.69, 9.17) is 0 Å². The van der Waals surface area contributed by atoms with E-state index in [1.165, 1.54) is 84.0 Å². The van der Waals surface area contributed by atoms with Crippen LogP contribution >= 0.6 is 0 Å². The Morgan fingerprint density at radius 3 is 2.53 bits per heavy atom. The van der Waals surface area contributed by atoms with Gasteiger partial charge in [-0.15, -0.1) is 0 Å². The van der Waals surface area contributed by atoms with Crippen LogP contribution in [0.15, 0.2) is 0 Å². The second-order valence-electron chi connectivity index (χ2n) is 6.62. The third-order valence-electron chi connectivity index (χ3n) is 5.17. The zero-order chi connectivity index (χ0) is 13.5. The number of rotatable bonds is 8. The lowest BCUT2D eigenvalue weighted by atomic mass is 9.99. The van der Waals surface area contributed by atoms with Crippen molar-refractivity contribution >= 4 is 0 Å². The standard InChI is InChI=1S/C17H34N2/c1-3-5-7-10-16(9-6-4-2)19-14-13-18-12-8-11-17(18)15-19/h16-17H,3-15H2,1-2H3/t16?,17-/m0/s1. The molecule has 2 heteroatoms. The Labute approximate surface area is 120 Å². The smallest absolute Gasteiger partial charge is 0.0224 e. The molecule has 2 heterocycles. The van der Waals surface area contributed by atoms with Crippen molar-refractivity contribution in [1.29, 1.82) is 0 Å². The molecule has 2 aliphatic heterocycles. The third-order valence-corrected chi connectivity index (χ3v) is 5.17. The van der Waals surface area contributed by atoms with Crippen LogP contribution in [0.2, 0.25) is 0 Å². The number of nitrogens with zero attached hydrogens (tertiary/aromatic N) is 2. The molecule has 0 bridgehead atoms. The molecule has 2 fully saturated rings. The van der Waals surface area contributed by atoms with E-state index in [-0.39, 0.29) is 0 Å². The van der Waals surface area contributed by atoms with Gasteiger partial charge in [-0.2, -0.15) is 0 Å². The molecule has 2 aliphatic rings. The third kappa shape index (κ3) is 4.46. The minimum atomic E-state index is 0.884. The van der Waals surface area contributed by atoms with E-state index >= 15 is 0 Å². The molecular weight excluding hydrogens is 232 g/mol. The van der Waals surface area contributed by atoms with E-state index in [9.17, 15) is 0 Å². The maximum absolute atomic E-state index is 2.85. The number of fused-ring (bicyclic) bond motifs is 1. The molecule has 19 heavy (non-hydrogen) atoms. The topological polar surface area (TPSA) is 6.48 Å². The first-order chi connectivity index (χ1) is 9.35. The van der Waals surface area contributed by atoms with Gasteiger partial charge in [0.15, 0.2) is 0 Å². The van der Waals surface area contributed by atoms with Crippen molar-refractivity contribution in [2.75, 3.05) is 26.2 Å². The van der Waals surface area contributed by atoms with E-state index in [1.807, 2.05) is 0 Å². The van der Waals surface area contributed by atoms with Crippen LogP contribution in [-0.4, -0.2) is 48.1 Å². The Hall–Kier alpha value is -0.0800. The summed E-state index contributed by atoms with van der Waals surface area (Å²) in [7, 11) is 0. The molecule has 1 unspecified atom stereocenters. The van der Waals surface area contributed by atoms with E-state index in [0.717, 1.165) is 12.1 Å². The Morgan fingerprint density at radius 2 is 1.74 bits per heavy atom. The fraction of sp³-hybridized carbons (Fsp3) is 1.00. The second-order valence-corrected chi connectivity index (χ2v) is 6.62. The van der Waals surface area contributed by atoms with Crippen LogP contribution in [0.3, 0.4) is 0 Å². The van der Waals surface area contributed by atoms with Crippen LogP contribution in [0.4, 0.5) is 0 Å². The molecule has 2 saturated heterocycles. The molecule has 2 nitrogen and oxygen atoms in total. The summed E-state index contributed by atoms with van der Waals surface area (Å²) in [5.74, 6) is 0. The Balaban J connectivity index is 1.81. The Morgan fingerprint density at radius 1 is 0.947 bits per heavy atom. The van der Waals surface area contributed by atoms with E-state index < -0.39 is 0 Å². The lowest BCUT2D eigenvalue weighted by Crippen LogP contribution is -2.53. The van der Waals surface area contributed by atoms with Crippen molar-refractivity contribution in [1.82, 2.24) is 9.80 Å². The van der Waals surface area contributed by atoms with Crippen molar-refractivity contribution in [2.24, 2.45) is 0 Å². The number of hydrogen-bond acceptors (Lipinski definition) is 2. The molecular formula is C17H34N2. The van der Waals surface area contributed by atoms with E-state index in [2.05, 4.69) is 23.6 Å². The van der Waals surface area contributed by atoms with Gasteiger partial charge in [0.25, 0.3) is 0 Å². The van der Waals surface area contributed by atoms with Crippen molar-refractivity contribution in [3.63, 3.8) is 0 Å². The van der Waals surface area contributed by atoms with E-state index in [1.54, 1.807) is 0 Å². The molecule has 112 valence electrons. The maximum Gasteiger partial charge on any atom is 0.0224 e. The summed E-state index contributed by atoms with van der Waals surface area (Å²) in [4.78, 5) is 5.58. The number of unbranched alkanes of at least 4 members (excludes halogenated alkanes) is 3. The average molecular weight is 266 g/mol. The number of hydrogen-bond donors (Lipinski definition) is 0. The van der Waals surface area contributed by atoms with Gasteiger partial charge in [-0.3, -0.25) is 9.80 Å². The zero-order valence-corrected chi connectivity index (χ0v) is 13.2. The van der Waals surface area contributed by atoms with Gasteiger partial charge in [-0.25, -0.2) is 0 Å². The molecule has 0 radical (unpaired) electrons. The van der Waals surface area contributed by atoms with Crippen molar-refractivity contribution in [3.8, 4) is 0 Å². The summed E-state index contributed by atoms with van der Waals surface area (Å²) >= 11 is 0. The molecule has 0 N–H and O–H groups in total. The highest BCUT2D eigenvalue weighted by Crippen LogP contribution is 2.25. The SMILES string of the molecule is CCCCCC(CCCC)N1CCN2CCC[C@H]2C1. The summed E-state index contributed by atoms with van der Waals surface area (Å²) in [5.41, 5.74) is 0. The van der Waals surface area contributed by atoms with Crippen molar-refractivity contribution in [2.45, 2.75) is 83.7 Å². The quantitative estimate of drug-likeness (QED) is 0.615. The highest BCUT2D eigenvalue weighted by molar-refractivity contribution is 4.89. The summed E-state index contributed by atoms with van der Waals surface area (Å²) in [5, 5.41) is 0. The normalized spacial score (nSPS) is 26.5. The first kappa shape index (κ1) is 15.3. The Kier molecular flexibility index (Phi) is 6.66. The first-order valence-electron chi connectivity index (χ1n) is 8.83. The van der Waals surface area contributed by atoms with Crippen LogP contribution in [0.1, 0.15) is 71.6 Å². The van der Waals surface area contributed by atoms with Gasteiger partial charge in [0.1, 0.15) is 0 Å². The monoisotopic (exact) mass is 266 g/mol. The van der Waals surface area contributed by atoms with Gasteiger partial charge in [0, 0.05) is 31.7 Å². The summed E-state index contributed by atoms with van der Waals surface area (Å²) in [6, 6.07) is 1.78. The zero-order valence-electron chi connectivity index (χ0n) is 13.2. The van der Waals surface area contributed by atoms with Crippen molar-refractivity contribution < 1.29 is 0 Å². The highest BCUT2D eigenvalue weighted by atomic mass is 15.3. The predicted octanol–water partition coefficient (Wildman–Crippen LogP) is 3.91. The van der Waals surface area contributed by atoms with Crippen LogP contribution in [0.25, 0.3) is 0 Å². The molecule has 2 atom stereocenters. The lowest BCUT2D eigenvalue weighted by Gasteiger charge is -2.42. The average Bonchev–Trinajstić information content (AvgIpc) is 2.90. The summed E-state index contributed by atoms with van der Waals surface area (Å²) < 4.78 is 0. The fourth-order valence-electron chi connectivity index (χ4n) is 3.93. The van der Waals surface area contributed by atoms with Gasteiger partial charge in [-0.1, -0.05) is 46.0 Å². The minimum Gasteiger partial charge on any atom is -0.298 e. The van der Waals surface area contributed by atoms with Gasteiger partial charge < -0.3 is 0 Å².